The zero-order chi connectivity index (χ0) is 24.2. The van der Waals surface area contributed by atoms with Gasteiger partial charge in [-0.15, -0.1) is 0 Å². The number of nitrogens with zero attached hydrogens (tertiary/aromatic N) is 5. The molecule has 34 heavy (non-hydrogen) atoms. The summed E-state index contributed by atoms with van der Waals surface area (Å²) in [7, 11) is 3.92. The Morgan fingerprint density at radius 3 is 2.38 bits per heavy atom. The van der Waals surface area contributed by atoms with Crippen molar-refractivity contribution in [2.75, 3.05) is 41.9 Å². The number of hydrogen-bond donors (Lipinski definition) is 0. The number of carbonyl (C=O) groups excluding carboxylic acids is 1. The highest BCUT2D eigenvalue weighted by Crippen LogP contribution is 2.31. The highest BCUT2D eigenvalue weighted by molar-refractivity contribution is 6.10. The van der Waals surface area contributed by atoms with Gasteiger partial charge >= 0.3 is 0 Å². The molecule has 0 aliphatic carbocycles. The summed E-state index contributed by atoms with van der Waals surface area (Å²) in [5, 5.41) is 0. The molecule has 178 valence electrons. The fourth-order valence-corrected chi connectivity index (χ4v) is 4.33. The van der Waals surface area contributed by atoms with Crippen molar-refractivity contribution < 1.29 is 9.18 Å². The van der Waals surface area contributed by atoms with Crippen molar-refractivity contribution in [3.05, 3.63) is 66.1 Å². The Morgan fingerprint density at radius 1 is 1.00 bits per heavy atom. The van der Waals surface area contributed by atoms with Crippen molar-refractivity contribution in [1.29, 1.82) is 0 Å². The fraction of sp³-hybridized carbons (Fsp3) is 0.370. The first-order valence-corrected chi connectivity index (χ1v) is 11.8. The summed E-state index contributed by atoms with van der Waals surface area (Å²) in [4.78, 5) is 29.1. The highest BCUT2D eigenvalue weighted by atomic mass is 19.1. The first-order chi connectivity index (χ1) is 16.4. The van der Waals surface area contributed by atoms with Crippen LogP contribution in [0.15, 0.2) is 54.7 Å². The normalized spacial score (nSPS) is 13.8. The van der Waals surface area contributed by atoms with Gasteiger partial charge in [-0.1, -0.05) is 18.2 Å². The smallest absolute Gasteiger partial charge is 0.262 e. The minimum atomic E-state index is -0.412. The summed E-state index contributed by atoms with van der Waals surface area (Å²) in [6, 6.07) is 14.2. The molecule has 1 aliphatic rings. The van der Waals surface area contributed by atoms with Gasteiger partial charge in [-0.2, -0.15) is 0 Å². The van der Waals surface area contributed by atoms with Gasteiger partial charge < -0.3 is 14.7 Å². The summed E-state index contributed by atoms with van der Waals surface area (Å²) in [5.74, 6) is -0.125. The molecule has 0 atom stereocenters. The maximum Gasteiger partial charge on any atom is 0.262 e. The number of rotatable bonds is 6. The molecule has 1 saturated heterocycles. The molecule has 0 spiro atoms. The number of halogens is 1. The lowest BCUT2D eigenvalue weighted by atomic mass is 10.0. The summed E-state index contributed by atoms with van der Waals surface area (Å²) in [6.45, 7) is 5.65. The van der Waals surface area contributed by atoms with Gasteiger partial charge in [-0.25, -0.2) is 14.4 Å². The maximum absolute atomic E-state index is 14.9. The maximum atomic E-state index is 14.9. The molecule has 2 aromatic carbocycles. The van der Waals surface area contributed by atoms with E-state index in [-0.39, 0.29) is 17.5 Å². The molecule has 0 bridgehead atoms. The number of amides is 1. The van der Waals surface area contributed by atoms with Crippen LogP contribution in [0.2, 0.25) is 0 Å². The molecular formula is C27H32FN5O. The van der Waals surface area contributed by atoms with Crippen LogP contribution in [0.5, 0.6) is 0 Å². The van der Waals surface area contributed by atoms with Crippen molar-refractivity contribution in [3.8, 4) is 11.3 Å². The molecule has 2 heterocycles. The molecule has 7 heteroatoms. The van der Waals surface area contributed by atoms with Crippen LogP contribution in [0.1, 0.15) is 43.5 Å². The molecule has 1 fully saturated rings. The molecule has 3 aromatic rings. The highest BCUT2D eigenvalue weighted by Gasteiger charge is 2.27. The van der Waals surface area contributed by atoms with Crippen LogP contribution >= 0.6 is 0 Å². The molecule has 4 rings (SSSR count). The van der Waals surface area contributed by atoms with Crippen LogP contribution in [0.3, 0.4) is 0 Å². The van der Waals surface area contributed by atoms with E-state index < -0.39 is 5.82 Å². The Labute approximate surface area is 201 Å². The summed E-state index contributed by atoms with van der Waals surface area (Å²) < 4.78 is 14.9. The lowest BCUT2D eigenvalue weighted by molar-refractivity contribution is 0.0980. The predicted molar refractivity (Wildman–Crippen MR) is 136 cm³/mol. The van der Waals surface area contributed by atoms with Crippen molar-refractivity contribution in [2.45, 2.75) is 39.2 Å². The van der Waals surface area contributed by atoms with Crippen molar-refractivity contribution in [2.24, 2.45) is 0 Å². The standard InChI is InChI=1S/C27H32FN5O/c1-19(2)33(21-12-10-11-20(17-21)31(3)4)26(34)23-18-29-27(32-15-8-5-9-16-32)30-25(23)22-13-6-7-14-24(22)28/h6-7,10-14,17-19H,5,8-9,15-16H2,1-4H3. The largest absolute Gasteiger partial charge is 0.378 e. The Morgan fingerprint density at radius 2 is 1.71 bits per heavy atom. The molecule has 6 nitrogen and oxygen atoms in total. The van der Waals surface area contributed by atoms with E-state index in [9.17, 15) is 9.18 Å². The molecule has 1 aromatic heterocycles. The van der Waals surface area contributed by atoms with E-state index in [0.717, 1.165) is 37.3 Å². The van der Waals surface area contributed by atoms with E-state index in [0.29, 0.717) is 17.2 Å². The van der Waals surface area contributed by atoms with Crippen molar-refractivity contribution in [3.63, 3.8) is 0 Å². The fourth-order valence-electron chi connectivity index (χ4n) is 4.33. The van der Waals surface area contributed by atoms with Crippen molar-refractivity contribution in [1.82, 2.24) is 9.97 Å². The number of piperidine rings is 1. The third-order valence-corrected chi connectivity index (χ3v) is 6.13. The predicted octanol–water partition coefficient (Wildman–Crippen LogP) is 5.39. The first kappa shape index (κ1) is 23.7. The molecule has 0 unspecified atom stereocenters. The Bertz CT molecular complexity index is 1160. The number of benzene rings is 2. The summed E-state index contributed by atoms with van der Waals surface area (Å²) in [5.41, 5.74) is 2.67. The second-order valence-corrected chi connectivity index (χ2v) is 9.14. The average molecular weight is 462 g/mol. The van der Waals surface area contributed by atoms with E-state index in [1.807, 2.05) is 57.1 Å². The average Bonchev–Trinajstić information content (AvgIpc) is 2.84. The molecule has 1 amide bonds. The monoisotopic (exact) mass is 461 g/mol. The lowest BCUT2D eigenvalue weighted by Gasteiger charge is -2.30. The van der Waals surface area contributed by atoms with Crippen LogP contribution in [0.25, 0.3) is 11.3 Å². The minimum Gasteiger partial charge on any atom is -0.378 e. The molecule has 0 saturated carbocycles. The SMILES string of the molecule is CC(C)N(C(=O)c1cnc(N2CCCCC2)nc1-c1ccccc1F)c1cccc(N(C)C)c1. The van der Waals surface area contributed by atoms with Gasteiger partial charge in [0.2, 0.25) is 5.95 Å². The Kier molecular flexibility index (Phi) is 7.10. The third-order valence-electron chi connectivity index (χ3n) is 6.13. The van der Waals surface area contributed by atoms with Gasteiger partial charge in [0, 0.05) is 56.4 Å². The molecule has 0 N–H and O–H groups in total. The topological polar surface area (TPSA) is 52.6 Å². The third kappa shape index (κ3) is 4.88. The first-order valence-electron chi connectivity index (χ1n) is 11.8. The Balaban J connectivity index is 1.82. The minimum absolute atomic E-state index is 0.125. The molecule has 0 radical (unpaired) electrons. The van der Waals surface area contributed by atoms with Gasteiger partial charge in [-0.05, 0) is 63.4 Å². The number of anilines is 3. The zero-order valence-electron chi connectivity index (χ0n) is 20.3. The summed E-state index contributed by atoms with van der Waals surface area (Å²) in [6.07, 6.45) is 4.89. The molecule has 1 aliphatic heterocycles. The summed E-state index contributed by atoms with van der Waals surface area (Å²) >= 11 is 0. The van der Waals surface area contributed by atoms with Gasteiger partial charge in [0.1, 0.15) is 5.82 Å². The number of aromatic nitrogens is 2. The molecular weight excluding hydrogens is 429 g/mol. The number of carbonyl (C=O) groups is 1. The van der Waals surface area contributed by atoms with Crippen LogP contribution in [0, 0.1) is 5.82 Å². The van der Waals surface area contributed by atoms with E-state index >= 15 is 0 Å². The van der Waals surface area contributed by atoms with E-state index in [1.165, 1.54) is 12.5 Å². The second kappa shape index (κ2) is 10.2. The van der Waals surface area contributed by atoms with Gasteiger partial charge in [0.15, 0.2) is 0 Å². The van der Waals surface area contributed by atoms with Gasteiger partial charge in [-0.3, -0.25) is 4.79 Å². The zero-order valence-corrected chi connectivity index (χ0v) is 20.3. The van der Waals surface area contributed by atoms with E-state index in [2.05, 4.69) is 9.88 Å². The van der Waals surface area contributed by atoms with Crippen LogP contribution in [-0.2, 0) is 0 Å². The van der Waals surface area contributed by atoms with Crippen LogP contribution in [0.4, 0.5) is 21.7 Å². The van der Waals surface area contributed by atoms with Crippen LogP contribution in [-0.4, -0.2) is 49.1 Å². The lowest BCUT2D eigenvalue weighted by Crippen LogP contribution is -2.38. The van der Waals surface area contributed by atoms with Crippen LogP contribution < -0.4 is 14.7 Å². The number of hydrogen-bond acceptors (Lipinski definition) is 5. The Hall–Kier alpha value is -3.48. The second-order valence-electron chi connectivity index (χ2n) is 9.14. The van der Waals surface area contributed by atoms with Crippen molar-refractivity contribution >= 4 is 23.2 Å². The van der Waals surface area contributed by atoms with E-state index in [4.69, 9.17) is 4.98 Å². The van der Waals surface area contributed by atoms with Gasteiger partial charge in [0.25, 0.3) is 5.91 Å². The van der Waals surface area contributed by atoms with E-state index in [1.54, 1.807) is 29.3 Å². The van der Waals surface area contributed by atoms with Gasteiger partial charge in [0.05, 0.1) is 11.3 Å². The quantitative estimate of drug-likeness (QED) is 0.492.